The Hall–Kier alpha value is -1.46. The second-order valence-electron chi connectivity index (χ2n) is 4.98. The number of halogens is 3. The summed E-state index contributed by atoms with van der Waals surface area (Å²) in [6.07, 6.45) is 0.514. The number of benzene rings is 2. The Morgan fingerprint density at radius 2 is 2.00 bits per heavy atom. The van der Waals surface area contributed by atoms with E-state index in [4.69, 9.17) is 10.5 Å². The average molecular weight is 356 g/mol. The summed E-state index contributed by atoms with van der Waals surface area (Å²) in [7, 11) is 0. The summed E-state index contributed by atoms with van der Waals surface area (Å²) < 4.78 is 33.4. The number of nitrogens with two attached hydrogens (primary N) is 1. The summed E-state index contributed by atoms with van der Waals surface area (Å²) in [5.74, 6) is -0.633. The monoisotopic (exact) mass is 355 g/mol. The largest absolute Gasteiger partial charge is 0.486 e. The van der Waals surface area contributed by atoms with Gasteiger partial charge in [-0.15, -0.1) is 0 Å². The summed E-state index contributed by atoms with van der Waals surface area (Å²) >= 11 is 3.21. The maximum Gasteiger partial charge on any atom is 0.165 e. The smallest absolute Gasteiger partial charge is 0.165 e. The van der Waals surface area contributed by atoms with Crippen LogP contribution in [0.15, 0.2) is 40.9 Å². The standard InChI is InChI=1S/C16H16BrF2NO/c1-10(20)5-12-3-2-4-15(19)16(12)21-9-11-6-13(17)8-14(18)7-11/h2-4,6-8,10H,5,9,20H2,1H3. The number of rotatable bonds is 5. The fraction of sp³-hybridized carbons (Fsp3) is 0.250. The Labute approximate surface area is 131 Å². The molecule has 0 saturated heterocycles. The molecule has 0 radical (unpaired) electrons. The molecule has 112 valence electrons. The molecule has 1 atom stereocenters. The fourth-order valence-electron chi connectivity index (χ4n) is 2.07. The van der Waals surface area contributed by atoms with Crippen LogP contribution in [0.25, 0.3) is 0 Å². The number of para-hydroxylation sites is 1. The van der Waals surface area contributed by atoms with Crippen LogP contribution in [0.4, 0.5) is 8.78 Å². The molecule has 0 aliphatic carbocycles. The minimum Gasteiger partial charge on any atom is -0.486 e. The molecule has 0 heterocycles. The molecule has 2 N–H and O–H groups in total. The van der Waals surface area contributed by atoms with Gasteiger partial charge in [-0.2, -0.15) is 0 Å². The third-order valence-corrected chi connectivity index (χ3v) is 3.35. The van der Waals surface area contributed by atoms with Gasteiger partial charge < -0.3 is 10.5 Å². The van der Waals surface area contributed by atoms with Crippen molar-refractivity contribution in [3.63, 3.8) is 0 Å². The van der Waals surface area contributed by atoms with Crippen LogP contribution in [0.3, 0.4) is 0 Å². The molecular formula is C16H16BrF2NO. The maximum atomic E-state index is 13.9. The van der Waals surface area contributed by atoms with Gasteiger partial charge in [-0.1, -0.05) is 28.1 Å². The van der Waals surface area contributed by atoms with Crippen LogP contribution in [0.2, 0.25) is 0 Å². The van der Waals surface area contributed by atoms with E-state index in [9.17, 15) is 8.78 Å². The van der Waals surface area contributed by atoms with Gasteiger partial charge in [0.05, 0.1) is 0 Å². The normalized spacial score (nSPS) is 12.2. The molecule has 0 amide bonds. The molecule has 1 unspecified atom stereocenters. The third kappa shape index (κ3) is 4.51. The number of hydrogen-bond acceptors (Lipinski definition) is 2. The maximum absolute atomic E-state index is 13.9. The third-order valence-electron chi connectivity index (χ3n) is 2.90. The number of hydrogen-bond donors (Lipinski definition) is 1. The van der Waals surface area contributed by atoms with Gasteiger partial charge in [-0.25, -0.2) is 8.78 Å². The van der Waals surface area contributed by atoms with Crippen molar-refractivity contribution in [3.05, 3.63) is 63.6 Å². The van der Waals surface area contributed by atoms with Gasteiger partial charge in [-0.05, 0) is 48.7 Å². The van der Waals surface area contributed by atoms with E-state index in [0.29, 0.717) is 22.0 Å². The lowest BCUT2D eigenvalue weighted by molar-refractivity contribution is 0.286. The molecule has 2 aromatic rings. The van der Waals surface area contributed by atoms with Crippen LogP contribution in [0, 0.1) is 11.6 Å². The second-order valence-corrected chi connectivity index (χ2v) is 5.89. The van der Waals surface area contributed by atoms with E-state index >= 15 is 0 Å². The summed E-state index contributed by atoms with van der Waals surface area (Å²) in [5, 5.41) is 0. The highest BCUT2D eigenvalue weighted by Gasteiger charge is 2.12. The molecule has 5 heteroatoms. The summed E-state index contributed by atoms with van der Waals surface area (Å²) in [4.78, 5) is 0. The lowest BCUT2D eigenvalue weighted by atomic mass is 10.1. The Morgan fingerprint density at radius 3 is 2.67 bits per heavy atom. The minimum absolute atomic E-state index is 0.0866. The van der Waals surface area contributed by atoms with Crippen LogP contribution < -0.4 is 10.5 Å². The van der Waals surface area contributed by atoms with Crippen molar-refractivity contribution in [1.29, 1.82) is 0 Å². The van der Waals surface area contributed by atoms with Crippen molar-refractivity contribution in [2.24, 2.45) is 5.73 Å². The van der Waals surface area contributed by atoms with E-state index in [-0.39, 0.29) is 24.2 Å². The van der Waals surface area contributed by atoms with Crippen LogP contribution in [0.5, 0.6) is 5.75 Å². The zero-order valence-electron chi connectivity index (χ0n) is 11.6. The van der Waals surface area contributed by atoms with Crippen molar-refractivity contribution in [1.82, 2.24) is 0 Å². The summed E-state index contributed by atoms with van der Waals surface area (Å²) in [6.45, 7) is 1.93. The van der Waals surface area contributed by atoms with E-state index in [1.165, 1.54) is 18.2 Å². The first-order valence-corrected chi connectivity index (χ1v) is 7.35. The van der Waals surface area contributed by atoms with Crippen LogP contribution in [0.1, 0.15) is 18.1 Å². The van der Waals surface area contributed by atoms with E-state index in [1.54, 1.807) is 18.2 Å². The first-order valence-electron chi connectivity index (χ1n) is 6.56. The van der Waals surface area contributed by atoms with Crippen molar-refractivity contribution in [3.8, 4) is 5.75 Å². The highest BCUT2D eigenvalue weighted by molar-refractivity contribution is 9.10. The zero-order chi connectivity index (χ0) is 15.4. The van der Waals surface area contributed by atoms with Crippen molar-refractivity contribution in [2.45, 2.75) is 26.0 Å². The molecule has 0 bridgehead atoms. The quantitative estimate of drug-likeness (QED) is 0.872. The molecule has 0 saturated carbocycles. The fourth-order valence-corrected chi connectivity index (χ4v) is 2.59. The van der Waals surface area contributed by atoms with Gasteiger partial charge in [0.25, 0.3) is 0 Å². The highest BCUT2D eigenvalue weighted by Crippen LogP contribution is 2.25. The SMILES string of the molecule is CC(N)Cc1cccc(F)c1OCc1cc(F)cc(Br)c1. The molecule has 0 aliphatic heterocycles. The van der Waals surface area contributed by atoms with Gasteiger partial charge in [0, 0.05) is 10.5 Å². The molecule has 0 aromatic heterocycles. The zero-order valence-corrected chi connectivity index (χ0v) is 13.2. The van der Waals surface area contributed by atoms with Gasteiger partial charge in [0.15, 0.2) is 11.6 Å². The average Bonchev–Trinajstić information content (AvgIpc) is 2.36. The Balaban J connectivity index is 2.19. The van der Waals surface area contributed by atoms with Crippen molar-refractivity contribution >= 4 is 15.9 Å². The van der Waals surface area contributed by atoms with Crippen molar-refractivity contribution < 1.29 is 13.5 Å². The molecule has 2 nitrogen and oxygen atoms in total. The molecule has 2 aromatic carbocycles. The van der Waals surface area contributed by atoms with Gasteiger partial charge in [0.1, 0.15) is 12.4 Å². The Morgan fingerprint density at radius 1 is 1.24 bits per heavy atom. The van der Waals surface area contributed by atoms with Crippen molar-refractivity contribution in [2.75, 3.05) is 0 Å². The minimum atomic E-state index is -0.441. The summed E-state index contributed by atoms with van der Waals surface area (Å²) in [6, 6.07) is 9.08. The lowest BCUT2D eigenvalue weighted by Crippen LogP contribution is -2.18. The highest BCUT2D eigenvalue weighted by atomic mass is 79.9. The first-order chi connectivity index (χ1) is 9.95. The van der Waals surface area contributed by atoms with E-state index in [0.717, 1.165) is 0 Å². The lowest BCUT2D eigenvalue weighted by Gasteiger charge is -2.14. The topological polar surface area (TPSA) is 35.2 Å². The molecule has 0 aliphatic rings. The molecular weight excluding hydrogens is 340 g/mol. The predicted molar refractivity (Wildman–Crippen MR) is 82.2 cm³/mol. The number of ether oxygens (including phenoxy) is 1. The summed E-state index contributed by atoms with van der Waals surface area (Å²) in [5.41, 5.74) is 7.09. The van der Waals surface area contributed by atoms with Gasteiger partial charge in [0.2, 0.25) is 0 Å². The van der Waals surface area contributed by atoms with Gasteiger partial charge >= 0.3 is 0 Å². The predicted octanol–water partition coefficient (Wildman–Crippen LogP) is 4.20. The molecule has 0 fully saturated rings. The van der Waals surface area contributed by atoms with E-state index in [1.807, 2.05) is 6.92 Å². The Kier molecular flexibility index (Phi) is 5.31. The van der Waals surface area contributed by atoms with Crippen LogP contribution in [-0.2, 0) is 13.0 Å². The molecule has 0 spiro atoms. The molecule has 2 rings (SSSR count). The second kappa shape index (κ2) is 7.00. The van der Waals surface area contributed by atoms with E-state index < -0.39 is 5.82 Å². The molecule has 21 heavy (non-hydrogen) atoms. The van der Waals surface area contributed by atoms with Gasteiger partial charge in [-0.3, -0.25) is 0 Å². The first kappa shape index (κ1) is 15.9. The van der Waals surface area contributed by atoms with E-state index in [2.05, 4.69) is 15.9 Å². The Bertz CT molecular complexity index is 611. The van der Waals surface area contributed by atoms with Crippen LogP contribution in [-0.4, -0.2) is 6.04 Å². The van der Waals surface area contributed by atoms with Crippen LogP contribution >= 0.6 is 15.9 Å².